The van der Waals surface area contributed by atoms with E-state index in [4.69, 9.17) is 17.3 Å². The van der Waals surface area contributed by atoms with E-state index in [2.05, 4.69) is 18.2 Å². The summed E-state index contributed by atoms with van der Waals surface area (Å²) in [4.78, 5) is 0. The van der Waals surface area contributed by atoms with Gasteiger partial charge in [-0.1, -0.05) is 35.9 Å². The minimum atomic E-state index is -0.199. The second-order valence-corrected chi connectivity index (χ2v) is 6.34. The minimum absolute atomic E-state index is 0.180. The standard InChI is InChI=1S/C18H19ClFN/c19-15-7-8-17(20)14(10-15)11-18(12-21)9-3-5-13-4-1-2-6-16(13)18/h1-2,4,6-8,10H,3,5,9,11-12,21H2. The van der Waals surface area contributed by atoms with Crippen LogP contribution in [0.1, 0.15) is 29.5 Å². The van der Waals surface area contributed by atoms with Crippen LogP contribution in [0.3, 0.4) is 0 Å². The summed E-state index contributed by atoms with van der Waals surface area (Å²) in [7, 11) is 0. The number of aryl methyl sites for hydroxylation is 1. The van der Waals surface area contributed by atoms with Gasteiger partial charge in [0.05, 0.1) is 0 Å². The normalized spacial score (nSPS) is 21.1. The monoisotopic (exact) mass is 303 g/mol. The minimum Gasteiger partial charge on any atom is -0.330 e. The van der Waals surface area contributed by atoms with Crippen molar-refractivity contribution >= 4 is 11.6 Å². The smallest absolute Gasteiger partial charge is 0.126 e. The van der Waals surface area contributed by atoms with E-state index in [1.54, 1.807) is 12.1 Å². The molecule has 1 aliphatic carbocycles. The molecule has 2 aromatic carbocycles. The van der Waals surface area contributed by atoms with Crippen molar-refractivity contribution < 1.29 is 4.39 Å². The van der Waals surface area contributed by atoms with Crippen molar-refractivity contribution in [2.75, 3.05) is 6.54 Å². The Morgan fingerprint density at radius 3 is 2.81 bits per heavy atom. The maximum atomic E-state index is 14.1. The van der Waals surface area contributed by atoms with Crippen LogP contribution >= 0.6 is 11.6 Å². The van der Waals surface area contributed by atoms with Gasteiger partial charge in [0.2, 0.25) is 0 Å². The molecule has 2 N–H and O–H groups in total. The maximum Gasteiger partial charge on any atom is 0.126 e. The highest BCUT2D eigenvalue weighted by Gasteiger charge is 2.35. The molecule has 2 aromatic rings. The van der Waals surface area contributed by atoms with Crippen molar-refractivity contribution in [3.05, 3.63) is 70.0 Å². The summed E-state index contributed by atoms with van der Waals surface area (Å²) in [5, 5.41) is 0.572. The van der Waals surface area contributed by atoms with Crippen molar-refractivity contribution in [3.63, 3.8) is 0 Å². The van der Waals surface area contributed by atoms with Gasteiger partial charge in [-0.3, -0.25) is 0 Å². The van der Waals surface area contributed by atoms with Gasteiger partial charge in [0.25, 0.3) is 0 Å². The van der Waals surface area contributed by atoms with Crippen molar-refractivity contribution in [2.45, 2.75) is 31.1 Å². The summed E-state index contributed by atoms with van der Waals surface area (Å²) in [6.07, 6.45) is 3.77. The Kier molecular flexibility index (Phi) is 4.01. The summed E-state index contributed by atoms with van der Waals surface area (Å²) in [5.74, 6) is -0.199. The van der Waals surface area contributed by atoms with E-state index in [0.717, 1.165) is 19.3 Å². The van der Waals surface area contributed by atoms with Crippen LogP contribution in [0.2, 0.25) is 5.02 Å². The first kappa shape index (κ1) is 14.6. The first-order valence-corrected chi connectivity index (χ1v) is 7.75. The average Bonchev–Trinajstić information content (AvgIpc) is 2.51. The molecular weight excluding hydrogens is 285 g/mol. The Labute approximate surface area is 129 Å². The van der Waals surface area contributed by atoms with Crippen LogP contribution in [0, 0.1) is 5.82 Å². The van der Waals surface area contributed by atoms with Crippen molar-refractivity contribution in [2.24, 2.45) is 5.73 Å². The van der Waals surface area contributed by atoms with Gasteiger partial charge in [-0.2, -0.15) is 0 Å². The summed E-state index contributed by atoms with van der Waals surface area (Å²) >= 11 is 6.03. The number of halogens is 2. The largest absolute Gasteiger partial charge is 0.330 e. The second-order valence-electron chi connectivity index (χ2n) is 5.91. The molecule has 0 heterocycles. The lowest BCUT2D eigenvalue weighted by Gasteiger charge is -2.38. The first-order chi connectivity index (χ1) is 10.1. The fraction of sp³-hybridized carbons (Fsp3) is 0.333. The van der Waals surface area contributed by atoms with E-state index >= 15 is 0 Å². The van der Waals surface area contributed by atoms with Crippen LogP contribution in [0.4, 0.5) is 4.39 Å². The quantitative estimate of drug-likeness (QED) is 0.901. The summed E-state index contributed by atoms with van der Waals surface area (Å²) in [6, 6.07) is 13.2. The zero-order valence-electron chi connectivity index (χ0n) is 11.9. The Morgan fingerprint density at radius 1 is 1.19 bits per heavy atom. The van der Waals surface area contributed by atoms with Gasteiger partial charge in [-0.25, -0.2) is 4.39 Å². The lowest BCUT2D eigenvalue weighted by molar-refractivity contribution is 0.361. The number of nitrogens with two attached hydrogens (primary N) is 1. The highest BCUT2D eigenvalue weighted by atomic mass is 35.5. The third-order valence-corrected chi connectivity index (χ3v) is 4.85. The molecule has 3 heteroatoms. The molecule has 0 saturated carbocycles. The van der Waals surface area contributed by atoms with Gasteiger partial charge >= 0.3 is 0 Å². The predicted octanol–water partition coefficient (Wildman–Crippen LogP) is 4.25. The molecule has 110 valence electrons. The molecule has 0 aliphatic heterocycles. The molecule has 3 rings (SSSR count). The third-order valence-electron chi connectivity index (χ3n) is 4.62. The lowest BCUT2D eigenvalue weighted by Crippen LogP contribution is -2.40. The second kappa shape index (κ2) is 5.78. The third kappa shape index (κ3) is 2.70. The SMILES string of the molecule is NCC1(Cc2cc(Cl)ccc2F)CCCc2ccccc21. The lowest BCUT2D eigenvalue weighted by atomic mass is 9.67. The van der Waals surface area contributed by atoms with Crippen LogP contribution in [0.15, 0.2) is 42.5 Å². The summed E-state index contributed by atoms with van der Waals surface area (Å²) in [6.45, 7) is 0.524. The molecule has 21 heavy (non-hydrogen) atoms. The van der Waals surface area contributed by atoms with Gasteiger partial charge in [0, 0.05) is 17.0 Å². The van der Waals surface area contributed by atoms with Crippen LogP contribution in [-0.4, -0.2) is 6.54 Å². The topological polar surface area (TPSA) is 26.0 Å². The predicted molar refractivity (Wildman–Crippen MR) is 85.2 cm³/mol. The highest BCUT2D eigenvalue weighted by molar-refractivity contribution is 6.30. The highest BCUT2D eigenvalue weighted by Crippen LogP contribution is 2.40. The summed E-state index contributed by atoms with van der Waals surface area (Å²) < 4.78 is 14.1. The molecule has 1 aliphatic rings. The fourth-order valence-corrected chi connectivity index (χ4v) is 3.71. The molecule has 0 saturated heterocycles. The van der Waals surface area contributed by atoms with Crippen molar-refractivity contribution in [1.82, 2.24) is 0 Å². The van der Waals surface area contributed by atoms with Gasteiger partial charge in [0.1, 0.15) is 5.82 Å². The van der Waals surface area contributed by atoms with Crippen LogP contribution in [0.25, 0.3) is 0 Å². The number of hydrogen-bond acceptors (Lipinski definition) is 1. The molecular formula is C18H19ClFN. The molecule has 1 unspecified atom stereocenters. The molecule has 1 nitrogen and oxygen atoms in total. The molecule has 0 aromatic heterocycles. The van der Waals surface area contributed by atoms with Crippen LogP contribution in [0.5, 0.6) is 0 Å². The van der Waals surface area contributed by atoms with Gasteiger partial charge in [0.15, 0.2) is 0 Å². The molecule has 0 spiro atoms. The number of rotatable bonds is 3. The van der Waals surface area contributed by atoms with E-state index < -0.39 is 0 Å². The Bertz CT molecular complexity index is 655. The molecule has 0 amide bonds. The van der Waals surface area contributed by atoms with E-state index in [1.807, 2.05) is 6.07 Å². The molecule has 0 bridgehead atoms. The van der Waals surface area contributed by atoms with Gasteiger partial charge < -0.3 is 5.73 Å². The van der Waals surface area contributed by atoms with Crippen LogP contribution in [-0.2, 0) is 18.3 Å². The van der Waals surface area contributed by atoms with E-state index in [9.17, 15) is 4.39 Å². The van der Waals surface area contributed by atoms with Gasteiger partial charge in [-0.15, -0.1) is 0 Å². The number of fused-ring (bicyclic) bond motifs is 1. The Hall–Kier alpha value is -1.38. The zero-order valence-corrected chi connectivity index (χ0v) is 12.7. The van der Waals surface area contributed by atoms with E-state index in [-0.39, 0.29) is 11.2 Å². The zero-order chi connectivity index (χ0) is 14.9. The number of benzene rings is 2. The summed E-state index contributed by atoms with van der Waals surface area (Å²) in [5.41, 5.74) is 9.23. The van der Waals surface area contributed by atoms with Crippen molar-refractivity contribution in [3.8, 4) is 0 Å². The van der Waals surface area contributed by atoms with Gasteiger partial charge in [-0.05, 0) is 60.6 Å². The average molecular weight is 304 g/mol. The number of hydrogen-bond donors (Lipinski definition) is 1. The molecule has 0 fully saturated rings. The van der Waals surface area contributed by atoms with E-state index in [0.29, 0.717) is 23.6 Å². The molecule has 1 atom stereocenters. The van der Waals surface area contributed by atoms with Crippen molar-refractivity contribution in [1.29, 1.82) is 0 Å². The Morgan fingerprint density at radius 2 is 2.00 bits per heavy atom. The first-order valence-electron chi connectivity index (χ1n) is 7.37. The fourth-order valence-electron chi connectivity index (χ4n) is 3.52. The maximum absolute atomic E-state index is 14.1. The van der Waals surface area contributed by atoms with Crippen LogP contribution < -0.4 is 5.73 Å². The van der Waals surface area contributed by atoms with E-state index in [1.165, 1.54) is 17.2 Å². The molecule has 0 radical (unpaired) electrons. The Balaban J connectivity index is 2.04.